The maximum atomic E-state index is 8.79. The van der Waals surface area contributed by atoms with Crippen LogP contribution in [-0.2, 0) is 0 Å². The number of anilines is 2. The van der Waals surface area contributed by atoms with Crippen molar-refractivity contribution in [1.29, 1.82) is 5.26 Å². The molecule has 2 rings (SSSR count). The lowest BCUT2D eigenvalue weighted by Crippen LogP contribution is -2.04. The molecule has 0 saturated heterocycles. The predicted octanol–water partition coefficient (Wildman–Crippen LogP) is 1.96. The maximum Gasteiger partial charge on any atom is 0.101 e. The normalized spacial score (nSPS) is 24.0. The third kappa shape index (κ3) is 1.64. The first-order valence-corrected chi connectivity index (χ1v) is 4.77. The van der Waals surface area contributed by atoms with Crippen molar-refractivity contribution < 1.29 is 0 Å². The number of rotatable bonds is 2. The van der Waals surface area contributed by atoms with E-state index in [2.05, 4.69) is 18.3 Å². The zero-order valence-corrected chi connectivity index (χ0v) is 8.12. The van der Waals surface area contributed by atoms with Crippen molar-refractivity contribution in [2.45, 2.75) is 19.4 Å². The molecule has 0 bridgehead atoms. The topological polar surface area (TPSA) is 61.8 Å². The molecule has 3 nitrogen and oxygen atoms in total. The Balaban J connectivity index is 2.15. The Morgan fingerprint density at radius 3 is 2.86 bits per heavy atom. The van der Waals surface area contributed by atoms with E-state index in [0.717, 1.165) is 11.6 Å². The smallest absolute Gasteiger partial charge is 0.101 e. The number of nitrogens with zero attached hydrogens (tertiary/aromatic N) is 1. The van der Waals surface area contributed by atoms with Crippen LogP contribution in [0.5, 0.6) is 0 Å². The maximum absolute atomic E-state index is 8.79. The van der Waals surface area contributed by atoms with Gasteiger partial charge in [-0.15, -0.1) is 0 Å². The Morgan fingerprint density at radius 2 is 2.29 bits per heavy atom. The largest absolute Gasteiger partial charge is 0.398 e. The van der Waals surface area contributed by atoms with Gasteiger partial charge in [-0.3, -0.25) is 0 Å². The zero-order valence-electron chi connectivity index (χ0n) is 8.12. The van der Waals surface area contributed by atoms with Crippen LogP contribution < -0.4 is 11.1 Å². The minimum Gasteiger partial charge on any atom is -0.398 e. The minimum absolute atomic E-state index is 0.543. The number of hydrogen-bond donors (Lipinski definition) is 2. The van der Waals surface area contributed by atoms with E-state index in [0.29, 0.717) is 17.3 Å². The molecule has 3 heteroatoms. The summed E-state index contributed by atoms with van der Waals surface area (Å²) in [5.74, 6) is 0.748. The van der Waals surface area contributed by atoms with Crippen LogP contribution in [0.1, 0.15) is 18.9 Å². The van der Waals surface area contributed by atoms with Crippen molar-refractivity contribution in [3.8, 4) is 6.07 Å². The predicted molar refractivity (Wildman–Crippen MR) is 56.8 cm³/mol. The highest BCUT2D eigenvalue weighted by Gasteiger charge is 2.32. The van der Waals surface area contributed by atoms with Crippen molar-refractivity contribution in [2.75, 3.05) is 11.1 Å². The molecule has 0 aliphatic heterocycles. The molecule has 14 heavy (non-hydrogen) atoms. The van der Waals surface area contributed by atoms with Crippen LogP contribution in [-0.4, -0.2) is 6.04 Å². The second-order valence-electron chi connectivity index (χ2n) is 3.88. The first kappa shape index (κ1) is 8.89. The second kappa shape index (κ2) is 3.22. The van der Waals surface area contributed by atoms with Crippen LogP contribution in [0.3, 0.4) is 0 Å². The molecule has 1 saturated carbocycles. The molecule has 2 atom stereocenters. The molecule has 3 N–H and O–H groups in total. The van der Waals surface area contributed by atoms with Crippen LogP contribution in [0, 0.1) is 17.2 Å². The fourth-order valence-corrected chi connectivity index (χ4v) is 1.48. The Morgan fingerprint density at radius 1 is 1.57 bits per heavy atom. The fraction of sp³-hybridized carbons (Fsp3) is 0.364. The molecule has 1 aromatic rings. The molecule has 1 aromatic carbocycles. The molecule has 2 unspecified atom stereocenters. The van der Waals surface area contributed by atoms with Crippen LogP contribution in [0.2, 0.25) is 0 Å². The van der Waals surface area contributed by atoms with Gasteiger partial charge >= 0.3 is 0 Å². The summed E-state index contributed by atoms with van der Waals surface area (Å²) in [6, 6.07) is 8.15. The molecular weight excluding hydrogens is 174 g/mol. The highest BCUT2D eigenvalue weighted by molar-refractivity contribution is 5.62. The van der Waals surface area contributed by atoms with Gasteiger partial charge in [-0.25, -0.2) is 0 Å². The molecule has 0 spiro atoms. The molecule has 1 aliphatic rings. The Kier molecular flexibility index (Phi) is 2.05. The van der Waals surface area contributed by atoms with E-state index in [-0.39, 0.29) is 0 Å². The number of nitrogens with one attached hydrogen (secondary N) is 1. The van der Waals surface area contributed by atoms with Crippen LogP contribution in [0.4, 0.5) is 11.4 Å². The fourth-order valence-electron chi connectivity index (χ4n) is 1.48. The lowest BCUT2D eigenvalue weighted by atomic mass is 10.2. The van der Waals surface area contributed by atoms with Crippen LogP contribution in [0.15, 0.2) is 18.2 Å². The van der Waals surface area contributed by atoms with E-state index in [1.165, 1.54) is 6.42 Å². The van der Waals surface area contributed by atoms with Gasteiger partial charge in [0.2, 0.25) is 0 Å². The number of nitrogens with two attached hydrogens (primary N) is 1. The molecule has 1 aliphatic carbocycles. The zero-order chi connectivity index (χ0) is 10.1. The minimum atomic E-state index is 0.543. The Bertz CT molecular complexity index is 392. The van der Waals surface area contributed by atoms with E-state index >= 15 is 0 Å². The third-order valence-electron chi connectivity index (χ3n) is 2.64. The SMILES string of the molecule is CC1CC1Nc1ccc(N)c(C#N)c1. The van der Waals surface area contributed by atoms with Crippen molar-refractivity contribution in [3.05, 3.63) is 23.8 Å². The number of nitrogen functional groups attached to an aromatic ring is 1. The summed E-state index contributed by atoms with van der Waals surface area (Å²) >= 11 is 0. The molecule has 0 heterocycles. The van der Waals surface area contributed by atoms with Crippen molar-refractivity contribution >= 4 is 11.4 Å². The summed E-state index contributed by atoms with van der Waals surface area (Å²) in [5, 5.41) is 12.1. The third-order valence-corrected chi connectivity index (χ3v) is 2.64. The highest BCUT2D eigenvalue weighted by atomic mass is 15.0. The summed E-state index contributed by atoms with van der Waals surface area (Å²) in [5.41, 5.74) is 7.70. The molecule has 0 amide bonds. The number of benzene rings is 1. The van der Waals surface area contributed by atoms with Gasteiger partial charge in [-0.2, -0.15) is 5.26 Å². The van der Waals surface area contributed by atoms with Crippen molar-refractivity contribution in [2.24, 2.45) is 5.92 Å². The molecular formula is C11H13N3. The van der Waals surface area contributed by atoms with E-state index in [1.54, 1.807) is 12.1 Å². The van der Waals surface area contributed by atoms with Gasteiger partial charge in [0.25, 0.3) is 0 Å². The molecule has 0 aromatic heterocycles. The van der Waals surface area contributed by atoms with Gasteiger partial charge in [0.15, 0.2) is 0 Å². The summed E-state index contributed by atoms with van der Waals surface area (Å²) in [7, 11) is 0. The van der Waals surface area contributed by atoms with Gasteiger partial charge in [-0.1, -0.05) is 6.92 Å². The summed E-state index contributed by atoms with van der Waals surface area (Å²) in [4.78, 5) is 0. The molecule has 0 radical (unpaired) electrons. The van der Waals surface area contributed by atoms with E-state index in [9.17, 15) is 0 Å². The number of hydrogen-bond acceptors (Lipinski definition) is 3. The van der Waals surface area contributed by atoms with Gasteiger partial charge in [0.1, 0.15) is 6.07 Å². The lowest BCUT2D eigenvalue weighted by molar-refractivity contribution is 0.929. The first-order chi connectivity index (χ1) is 6.70. The molecule has 1 fully saturated rings. The van der Waals surface area contributed by atoms with E-state index < -0.39 is 0 Å². The van der Waals surface area contributed by atoms with Crippen molar-refractivity contribution in [3.63, 3.8) is 0 Å². The lowest BCUT2D eigenvalue weighted by Gasteiger charge is -2.06. The van der Waals surface area contributed by atoms with Crippen LogP contribution >= 0.6 is 0 Å². The summed E-state index contributed by atoms with van der Waals surface area (Å²) < 4.78 is 0. The average molecular weight is 187 g/mol. The summed E-state index contributed by atoms with van der Waals surface area (Å²) in [6.45, 7) is 2.21. The molecule has 72 valence electrons. The second-order valence-corrected chi connectivity index (χ2v) is 3.88. The van der Waals surface area contributed by atoms with Gasteiger partial charge in [0, 0.05) is 17.4 Å². The first-order valence-electron chi connectivity index (χ1n) is 4.77. The highest BCUT2D eigenvalue weighted by Crippen LogP contribution is 2.33. The summed E-state index contributed by atoms with van der Waals surface area (Å²) in [6.07, 6.45) is 1.21. The quantitative estimate of drug-likeness (QED) is 0.696. The van der Waals surface area contributed by atoms with E-state index in [1.807, 2.05) is 6.07 Å². The van der Waals surface area contributed by atoms with Gasteiger partial charge < -0.3 is 11.1 Å². The number of nitriles is 1. The van der Waals surface area contributed by atoms with Gasteiger partial charge in [-0.05, 0) is 30.5 Å². The Hall–Kier alpha value is -1.69. The van der Waals surface area contributed by atoms with Crippen molar-refractivity contribution in [1.82, 2.24) is 0 Å². The van der Waals surface area contributed by atoms with E-state index in [4.69, 9.17) is 11.0 Å². The van der Waals surface area contributed by atoms with Gasteiger partial charge in [0.05, 0.1) is 5.56 Å². The standard InChI is InChI=1S/C11H13N3/c1-7-4-11(7)14-9-2-3-10(13)8(5-9)6-12/h2-3,5,7,11,14H,4,13H2,1H3. The average Bonchev–Trinajstić information content (AvgIpc) is 2.85. The Labute approximate surface area is 83.5 Å². The van der Waals surface area contributed by atoms with Crippen LogP contribution in [0.25, 0.3) is 0 Å². The monoisotopic (exact) mass is 187 g/mol.